The van der Waals surface area contributed by atoms with Gasteiger partial charge >= 0.3 is 0 Å². The zero-order valence-electron chi connectivity index (χ0n) is 13.7. The summed E-state index contributed by atoms with van der Waals surface area (Å²) in [6.07, 6.45) is 0. The van der Waals surface area contributed by atoms with E-state index in [9.17, 15) is 22.4 Å². The molecule has 28 heavy (non-hydrogen) atoms. The predicted molar refractivity (Wildman–Crippen MR) is 93.7 cm³/mol. The molecule has 0 atom stereocenters. The lowest BCUT2D eigenvalue weighted by atomic mass is 10.3. The molecule has 0 spiro atoms. The van der Waals surface area contributed by atoms with Gasteiger partial charge in [0.2, 0.25) is 11.6 Å². The molecule has 0 saturated carbocycles. The molecular formula is C18H9Cl2F4NO3. The maximum Gasteiger partial charge on any atom is 0.291 e. The highest BCUT2D eigenvalue weighted by Crippen LogP contribution is 2.31. The van der Waals surface area contributed by atoms with Crippen LogP contribution in [-0.4, -0.2) is 5.91 Å². The molecule has 0 saturated heterocycles. The number of para-hydroxylation sites is 1. The Balaban J connectivity index is 1.72. The first-order valence-corrected chi connectivity index (χ1v) is 8.33. The molecule has 146 valence electrons. The Morgan fingerprint density at radius 2 is 1.61 bits per heavy atom. The van der Waals surface area contributed by atoms with Crippen molar-refractivity contribution in [3.05, 3.63) is 81.2 Å². The molecule has 0 radical (unpaired) electrons. The second-order valence-corrected chi connectivity index (χ2v) is 6.22. The van der Waals surface area contributed by atoms with E-state index in [1.165, 1.54) is 24.3 Å². The van der Waals surface area contributed by atoms with E-state index in [0.29, 0.717) is 0 Å². The van der Waals surface area contributed by atoms with Crippen molar-refractivity contribution >= 4 is 34.8 Å². The van der Waals surface area contributed by atoms with Crippen LogP contribution in [0.5, 0.6) is 5.75 Å². The fourth-order valence-corrected chi connectivity index (χ4v) is 2.68. The fourth-order valence-electron chi connectivity index (χ4n) is 2.19. The number of amides is 1. The quantitative estimate of drug-likeness (QED) is 0.398. The van der Waals surface area contributed by atoms with Crippen molar-refractivity contribution in [1.29, 1.82) is 0 Å². The van der Waals surface area contributed by atoms with Gasteiger partial charge in [-0.2, -0.15) is 8.78 Å². The lowest BCUT2D eigenvalue weighted by Crippen LogP contribution is -2.11. The molecule has 0 unspecified atom stereocenters. The number of rotatable bonds is 5. The molecule has 2 aromatic carbocycles. The second-order valence-electron chi connectivity index (χ2n) is 5.40. The topological polar surface area (TPSA) is 51.5 Å². The van der Waals surface area contributed by atoms with Crippen LogP contribution in [0.1, 0.15) is 16.3 Å². The van der Waals surface area contributed by atoms with Gasteiger partial charge in [0, 0.05) is 6.07 Å². The van der Waals surface area contributed by atoms with Crippen molar-refractivity contribution < 1.29 is 31.5 Å². The number of carbonyl (C=O) groups is 1. The van der Waals surface area contributed by atoms with Crippen molar-refractivity contribution in [2.75, 3.05) is 5.32 Å². The molecule has 1 N–H and O–H groups in total. The molecule has 0 fully saturated rings. The number of carbonyl (C=O) groups excluding carboxylic acids is 1. The van der Waals surface area contributed by atoms with Crippen molar-refractivity contribution in [2.45, 2.75) is 6.61 Å². The monoisotopic (exact) mass is 433 g/mol. The zero-order chi connectivity index (χ0) is 20.4. The lowest BCUT2D eigenvalue weighted by molar-refractivity contribution is 0.0992. The Morgan fingerprint density at radius 3 is 2.21 bits per heavy atom. The van der Waals surface area contributed by atoms with Crippen LogP contribution < -0.4 is 10.1 Å². The van der Waals surface area contributed by atoms with Crippen molar-refractivity contribution in [3.63, 3.8) is 0 Å². The van der Waals surface area contributed by atoms with Gasteiger partial charge in [-0.1, -0.05) is 29.3 Å². The normalized spacial score (nSPS) is 10.8. The summed E-state index contributed by atoms with van der Waals surface area (Å²) in [5, 5.41) is 2.87. The third-order valence-electron chi connectivity index (χ3n) is 3.52. The molecule has 3 rings (SSSR count). The molecule has 0 aliphatic rings. The summed E-state index contributed by atoms with van der Waals surface area (Å²) in [7, 11) is 0. The molecule has 10 heteroatoms. The maximum absolute atomic E-state index is 13.6. The Labute approximate surface area is 165 Å². The largest absolute Gasteiger partial charge is 0.479 e. The van der Waals surface area contributed by atoms with Gasteiger partial charge in [0.1, 0.15) is 12.4 Å². The standard InChI is InChI=1S/C18H9Cl2F4NO3/c19-9-2-1-3-10(20)16(9)25-18(26)13-5-4-8(28-13)7-27-17-14(23)11(21)6-12(22)15(17)24/h1-6H,7H2,(H,25,26). The summed E-state index contributed by atoms with van der Waals surface area (Å²) in [6.45, 7) is -0.586. The minimum Gasteiger partial charge on any atom is -0.479 e. The SMILES string of the molecule is O=C(Nc1c(Cl)cccc1Cl)c1ccc(COc2c(F)c(F)cc(F)c2F)o1. The number of hydrogen-bond donors (Lipinski definition) is 1. The van der Waals surface area contributed by atoms with Gasteiger partial charge in [-0.3, -0.25) is 4.79 Å². The third kappa shape index (κ3) is 4.07. The van der Waals surface area contributed by atoms with Crippen LogP contribution in [0.15, 0.2) is 40.8 Å². The van der Waals surface area contributed by atoms with Crippen molar-refractivity contribution in [1.82, 2.24) is 0 Å². The van der Waals surface area contributed by atoms with E-state index in [0.717, 1.165) is 0 Å². The van der Waals surface area contributed by atoms with Gasteiger partial charge in [0.15, 0.2) is 23.1 Å². The van der Waals surface area contributed by atoms with Gasteiger partial charge < -0.3 is 14.5 Å². The van der Waals surface area contributed by atoms with Crippen molar-refractivity contribution in [3.8, 4) is 5.75 Å². The third-order valence-corrected chi connectivity index (χ3v) is 4.15. The van der Waals surface area contributed by atoms with Crippen LogP contribution in [0.4, 0.5) is 23.2 Å². The maximum atomic E-state index is 13.6. The minimum atomic E-state index is -1.68. The predicted octanol–water partition coefficient (Wildman–Crippen LogP) is 5.97. The number of hydrogen-bond acceptors (Lipinski definition) is 3. The van der Waals surface area contributed by atoms with E-state index in [4.69, 9.17) is 32.4 Å². The number of nitrogens with one attached hydrogen (secondary N) is 1. The van der Waals surface area contributed by atoms with E-state index >= 15 is 0 Å². The molecule has 1 heterocycles. The number of halogens is 6. The molecule has 4 nitrogen and oxygen atoms in total. The molecule has 1 amide bonds. The number of anilines is 1. The van der Waals surface area contributed by atoms with Gasteiger partial charge in [-0.15, -0.1) is 0 Å². The van der Waals surface area contributed by atoms with Gasteiger partial charge in [-0.25, -0.2) is 8.78 Å². The number of benzene rings is 2. The fraction of sp³-hybridized carbons (Fsp3) is 0.0556. The Morgan fingerprint density at radius 1 is 1.00 bits per heavy atom. The first-order chi connectivity index (χ1) is 13.3. The molecule has 0 aliphatic carbocycles. The molecule has 1 aromatic heterocycles. The van der Waals surface area contributed by atoms with Crippen LogP contribution in [0.3, 0.4) is 0 Å². The van der Waals surface area contributed by atoms with E-state index < -0.39 is 41.5 Å². The average Bonchev–Trinajstić information content (AvgIpc) is 3.12. The Kier molecular flexibility index (Phi) is 5.81. The first kappa shape index (κ1) is 20.0. The van der Waals surface area contributed by atoms with E-state index in [1.54, 1.807) is 6.07 Å². The number of ether oxygens (including phenoxy) is 1. The molecule has 0 bridgehead atoms. The van der Waals surface area contributed by atoms with Crippen LogP contribution in [0.2, 0.25) is 10.0 Å². The summed E-state index contributed by atoms with van der Waals surface area (Å²) >= 11 is 11.9. The van der Waals surface area contributed by atoms with E-state index in [-0.39, 0.29) is 33.3 Å². The van der Waals surface area contributed by atoms with Gasteiger partial charge in [0.05, 0.1) is 15.7 Å². The van der Waals surface area contributed by atoms with Crippen LogP contribution >= 0.6 is 23.2 Å². The molecule has 3 aromatic rings. The van der Waals surface area contributed by atoms with Crippen LogP contribution in [-0.2, 0) is 6.61 Å². The second kappa shape index (κ2) is 8.12. The summed E-state index contributed by atoms with van der Waals surface area (Å²) in [5.41, 5.74) is 0.171. The van der Waals surface area contributed by atoms with Crippen LogP contribution in [0.25, 0.3) is 0 Å². The highest BCUT2D eigenvalue weighted by atomic mass is 35.5. The van der Waals surface area contributed by atoms with Gasteiger partial charge in [-0.05, 0) is 24.3 Å². The van der Waals surface area contributed by atoms with Gasteiger partial charge in [0.25, 0.3) is 5.91 Å². The first-order valence-electron chi connectivity index (χ1n) is 7.57. The molecule has 0 aliphatic heterocycles. The Bertz CT molecular complexity index is 1010. The zero-order valence-corrected chi connectivity index (χ0v) is 15.2. The summed E-state index contributed by atoms with van der Waals surface area (Å²) in [5.74, 6) is -8.72. The van der Waals surface area contributed by atoms with Crippen molar-refractivity contribution in [2.24, 2.45) is 0 Å². The summed E-state index contributed by atoms with van der Waals surface area (Å²) in [4.78, 5) is 12.2. The van der Waals surface area contributed by atoms with Crippen LogP contribution in [0, 0.1) is 23.3 Å². The highest BCUT2D eigenvalue weighted by molar-refractivity contribution is 6.39. The highest BCUT2D eigenvalue weighted by Gasteiger charge is 2.21. The lowest BCUT2D eigenvalue weighted by Gasteiger charge is -2.08. The number of furan rings is 1. The van der Waals surface area contributed by atoms with E-state index in [2.05, 4.69) is 5.32 Å². The minimum absolute atomic E-state index is 0.0288. The van der Waals surface area contributed by atoms with E-state index in [1.807, 2.05) is 0 Å². The Hall–Kier alpha value is -2.71. The molecular weight excluding hydrogens is 425 g/mol. The summed E-state index contributed by atoms with van der Waals surface area (Å²) in [6, 6.07) is 7.24. The smallest absolute Gasteiger partial charge is 0.291 e. The average molecular weight is 434 g/mol. The summed E-state index contributed by atoms with van der Waals surface area (Å²) < 4.78 is 63.4.